The SMILES string of the molecule is CC1CN1C(=O)CC1CSc2cc(Br)cc3[nH]c(=O)c(=O)n1c23. The third-order valence-corrected chi connectivity index (χ3v) is 5.96. The van der Waals surface area contributed by atoms with Crippen molar-refractivity contribution < 1.29 is 4.79 Å². The molecule has 0 bridgehead atoms. The molecule has 0 spiro atoms. The lowest BCUT2D eigenvalue weighted by molar-refractivity contribution is -0.126. The van der Waals surface area contributed by atoms with Gasteiger partial charge in [-0.15, -0.1) is 11.8 Å². The largest absolute Gasteiger partial charge is 0.336 e. The van der Waals surface area contributed by atoms with Crippen LogP contribution in [0.5, 0.6) is 0 Å². The number of carbonyl (C=O) groups excluding carboxylic acids is 1. The van der Waals surface area contributed by atoms with E-state index < -0.39 is 11.1 Å². The van der Waals surface area contributed by atoms with Gasteiger partial charge in [0, 0.05) is 34.1 Å². The highest BCUT2D eigenvalue weighted by Gasteiger charge is 2.36. The number of benzene rings is 1. The van der Waals surface area contributed by atoms with Crippen LogP contribution in [0.2, 0.25) is 0 Å². The maximum atomic E-state index is 12.4. The Bertz CT molecular complexity index is 951. The number of rotatable bonds is 2. The monoisotopic (exact) mass is 395 g/mol. The summed E-state index contributed by atoms with van der Waals surface area (Å²) in [5.41, 5.74) is 0.0958. The van der Waals surface area contributed by atoms with Gasteiger partial charge in [-0.1, -0.05) is 15.9 Å². The minimum atomic E-state index is -0.647. The zero-order chi connectivity index (χ0) is 16.3. The summed E-state index contributed by atoms with van der Waals surface area (Å²) in [6, 6.07) is 3.73. The van der Waals surface area contributed by atoms with Gasteiger partial charge in [0.05, 0.1) is 17.1 Å². The number of carbonyl (C=O) groups is 1. The second kappa shape index (κ2) is 5.24. The van der Waals surface area contributed by atoms with Crippen molar-refractivity contribution in [3.63, 3.8) is 0 Å². The number of hydrogen-bond acceptors (Lipinski definition) is 4. The van der Waals surface area contributed by atoms with Crippen LogP contribution in [0.1, 0.15) is 19.4 Å². The second-order valence-corrected chi connectivity index (χ2v) is 7.97. The van der Waals surface area contributed by atoms with Crippen molar-refractivity contribution in [2.24, 2.45) is 0 Å². The van der Waals surface area contributed by atoms with Crippen LogP contribution in [0.15, 0.2) is 31.1 Å². The van der Waals surface area contributed by atoms with Crippen LogP contribution in [-0.2, 0) is 4.79 Å². The minimum absolute atomic E-state index is 0.0454. The molecular formula is C15H14BrN3O3S. The molecule has 2 aromatic rings. The summed E-state index contributed by atoms with van der Waals surface area (Å²) < 4.78 is 2.36. The third kappa shape index (κ3) is 2.44. The van der Waals surface area contributed by atoms with Gasteiger partial charge in [0.15, 0.2) is 0 Å². The second-order valence-electron chi connectivity index (χ2n) is 5.99. The van der Waals surface area contributed by atoms with Gasteiger partial charge in [0.2, 0.25) is 5.91 Å². The highest BCUT2D eigenvalue weighted by Crippen LogP contribution is 2.38. The zero-order valence-corrected chi connectivity index (χ0v) is 14.7. The topological polar surface area (TPSA) is 74.9 Å². The predicted molar refractivity (Wildman–Crippen MR) is 92.1 cm³/mol. The van der Waals surface area contributed by atoms with E-state index in [2.05, 4.69) is 20.9 Å². The van der Waals surface area contributed by atoms with E-state index in [9.17, 15) is 14.4 Å². The van der Waals surface area contributed by atoms with Crippen LogP contribution in [0.25, 0.3) is 11.0 Å². The molecule has 1 aromatic heterocycles. The number of halogens is 1. The molecule has 6 nitrogen and oxygen atoms in total. The summed E-state index contributed by atoms with van der Waals surface area (Å²) in [6.45, 7) is 2.78. The van der Waals surface area contributed by atoms with Gasteiger partial charge in [-0.25, -0.2) is 0 Å². The predicted octanol–water partition coefficient (Wildman–Crippen LogP) is 1.72. The fraction of sp³-hybridized carbons (Fsp3) is 0.400. The fourth-order valence-electron chi connectivity index (χ4n) is 3.08. The van der Waals surface area contributed by atoms with Crippen molar-refractivity contribution in [3.05, 3.63) is 37.3 Å². The summed E-state index contributed by atoms with van der Waals surface area (Å²) >= 11 is 5.03. The summed E-state index contributed by atoms with van der Waals surface area (Å²) in [5.74, 6) is 0.652. The van der Waals surface area contributed by atoms with Crippen LogP contribution < -0.4 is 11.1 Å². The highest BCUT2D eigenvalue weighted by molar-refractivity contribution is 9.10. The molecular weight excluding hydrogens is 382 g/mol. The zero-order valence-electron chi connectivity index (χ0n) is 12.3. The van der Waals surface area contributed by atoms with Crippen LogP contribution in [0.3, 0.4) is 0 Å². The Kier molecular flexibility index (Phi) is 3.42. The number of aromatic nitrogens is 2. The summed E-state index contributed by atoms with van der Waals surface area (Å²) in [7, 11) is 0. The molecule has 4 rings (SSSR count). The first-order chi connectivity index (χ1) is 11.0. The molecule has 1 saturated heterocycles. The quantitative estimate of drug-likeness (QED) is 0.620. The molecule has 0 aliphatic carbocycles. The van der Waals surface area contributed by atoms with E-state index in [-0.39, 0.29) is 24.4 Å². The van der Waals surface area contributed by atoms with Crippen molar-refractivity contribution in [3.8, 4) is 0 Å². The van der Waals surface area contributed by atoms with E-state index in [1.807, 2.05) is 13.0 Å². The average Bonchev–Trinajstić information content (AvgIpc) is 3.22. The molecule has 23 heavy (non-hydrogen) atoms. The highest BCUT2D eigenvalue weighted by atomic mass is 79.9. The Labute approximate surface area is 144 Å². The lowest BCUT2D eigenvalue weighted by Crippen LogP contribution is -2.41. The number of thioether (sulfide) groups is 1. The maximum absolute atomic E-state index is 12.4. The summed E-state index contributed by atoms with van der Waals surface area (Å²) in [5, 5.41) is 0. The molecule has 0 saturated carbocycles. The molecule has 2 aliphatic heterocycles. The molecule has 1 amide bonds. The van der Waals surface area contributed by atoms with Gasteiger partial charge in [-0.2, -0.15) is 0 Å². The van der Waals surface area contributed by atoms with Gasteiger partial charge in [-0.05, 0) is 19.1 Å². The standard InChI is InChI=1S/C15H14BrN3O3S/c1-7-5-18(7)12(20)4-9-6-23-11-3-8(16)2-10-13(11)19(9)15(22)14(21)17-10/h2-3,7,9H,4-6H2,1H3,(H,17,21). The first kappa shape index (κ1) is 15.0. The minimum Gasteiger partial charge on any atom is -0.336 e. The number of H-pyrrole nitrogens is 1. The maximum Gasteiger partial charge on any atom is 0.317 e. The summed E-state index contributed by atoms with van der Waals surface area (Å²) in [4.78, 5) is 42.0. The van der Waals surface area contributed by atoms with Crippen molar-refractivity contribution in [1.29, 1.82) is 0 Å². The Morgan fingerprint density at radius 2 is 2.17 bits per heavy atom. The van der Waals surface area contributed by atoms with E-state index in [1.165, 1.54) is 4.57 Å². The third-order valence-electron chi connectivity index (χ3n) is 4.33. The van der Waals surface area contributed by atoms with E-state index in [0.717, 1.165) is 15.9 Å². The van der Waals surface area contributed by atoms with Crippen LogP contribution >= 0.6 is 27.7 Å². The number of nitrogens with one attached hydrogen (secondary N) is 1. The molecule has 120 valence electrons. The molecule has 8 heteroatoms. The van der Waals surface area contributed by atoms with E-state index in [4.69, 9.17) is 0 Å². The van der Waals surface area contributed by atoms with Crippen molar-refractivity contribution >= 4 is 44.6 Å². The molecule has 2 aliphatic rings. The van der Waals surface area contributed by atoms with Gasteiger partial charge >= 0.3 is 11.1 Å². The van der Waals surface area contributed by atoms with Crippen LogP contribution in [0.4, 0.5) is 0 Å². The fourth-order valence-corrected chi connectivity index (χ4v) is 4.88. The Balaban J connectivity index is 1.86. The Hall–Kier alpha value is -1.54. The Morgan fingerprint density at radius 1 is 1.43 bits per heavy atom. The molecule has 2 atom stereocenters. The van der Waals surface area contributed by atoms with Gasteiger partial charge < -0.3 is 9.88 Å². The van der Waals surface area contributed by atoms with Crippen LogP contribution in [-0.4, -0.2) is 38.7 Å². The molecule has 3 heterocycles. The van der Waals surface area contributed by atoms with Crippen molar-refractivity contribution in [2.75, 3.05) is 12.3 Å². The normalized spacial score (nSPS) is 22.4. The molecule has 1 aromatic carbocycles. The lowest BCUT2D eigenvalue weighted by atomic mass is 10.2. The van der Waals surface area contributed by atoms with Gasteiger partial charge in [0.25, 0.3) is 0 Å². The first-order valence-electron chi connectivity index (χ1n) is 7.36. The van der Waals surface area contributed by atoms with Crippen molar-refractivity contribution in [2.45, 2.75) is 30.3 Å². The van der Waals surface area contributed by atoms with Gasteiger partial charge in [0.1, 0.15) is 0 Å². The lowest BCUT2D eigenvalue weighted by Gasteiger charge is -2.27. The molecule has 2 unspecified atom stereocenters. The van der Waals surface area contributed by atoms with Gasteiger partial charge in [-0.3, -0.25) is 19.0 Å². The van der Waals surface area contributed by atoms with E-state index >= 15 is 0 Å². The number of nitrogens with zero attached hydrogens (tertiary/aromatic N) is 2. The van der Waals surface area contributed by atoms with Crippen molar-refractivity contribution in [1.82, 2.24) is 14.5 Å². The van der Waals surface area contributed by atoms with E-state index in [0.29, 0.717) is 16.8 Å². The number of hydrogen-bond donors (Lipinski definition) is 1. The molecule has 0 radical (unpaired) electrons. The number of amides is 1. The smallest absolute Gasteiger partial charge is 0.317 e. The van der Waals surface area contributed by atoms with Crippen LogP contribution in [0, 0.1) is 0 Å². The first-order valence-corrected chi connectivity index (χ1v) is 9.14. The summed E-state index contributed by atoms with van der Waals surface area (Å²) in [6.07, 6.45) is 0.255. The number of aromatic amines is 1. The average molecular weight is 396 g/mol. The van der Waals surface area contributed by atoms with E-state index in [1.54, 1.807) is 22.7 Å². The Morgan fingerprint density at radius 3 is 2.87 bits per heavy atom. The molecule has 1 fully saturated rings. The molecule has 1 N–H and O–H groups in total.